The Labute approximate surface area is 148 Å². The third kappa shape index (κ3) is 3.90. The number of aromatic nitrogens is 1. The summed E-state index contributed by atoms with van der Waals surface area (Å²) < 4.78 is 5.53. The lowest BCUT2D eigenvalue weighted by Gasteiger charge is -2.29. The van der Waals surface area contributed by atoms with Crippen LogP contribution in [0.1, 0.15) is 43.4 Å². The second kappa shape index (κ2) is 7.52. The molecule has 0 aliphatic heterocycles. The van der Waals surface area contributed by atoms with Crippen LogP contribution in [0.3, 0.4) is 0 Å². The van der Waals surface area contributed by atoms with E-state index >= 15 is 0 Å². The molecule has 130 valence electrons. The first-order chi connectivity index (χ1) is 12.1. The monoisotopic (exact) mass is 337 g/mol. The van der Waals surface area contributed by atoms with Gasteiger partial charge in [0.2, 0.25) is 11.8 Å². The van der Waals surface area contributed by atoms with Crippen LogP contribution in [0.15, 0.2) is 34.9 Å². The Morgan fingerprint density at radius 3 is 2.68 bits per heavy atom. The molecule has 1 aliphatic rings. The van der Waals surface area contributed by atoms with E-state index in [1.807, 2.05) is 31.2 Å². The first kappa shape index (κ1) is 17.2. The number of nitrogens with one attached hydrogen (secondary N) is 1. The van der Waals surface area contributed by atoms with Crippen LogP contribution >= 0.6 is 0 Å². The largest absolute Gasteiger partial charge is 0.444 e. The summed E-state index contributed by atoms with van der Waals surface area (Å²) in [5, 5.41) is 12.3. The van der Waals surface area contributed by atoms with E-state index in [1.165, 1.54) is 5.56 Å². The fraction of sp³-hybridized carbons (Fsp3) is 0.450. The second-order valence-corrected chi connectivity index (χ2v) is 6.77. The first-order valence-corrected chi connectivity index (χ1v) is 8.84. The number of carbonyl (C=O) groups excluding carboxylic acids is 1. The fourth-order valence-electron chi connectivity index (χ4n) is 3.27. The Morgan fingerprint density at radius 1 is 1.28 bits per heavy atom. The molecule has 5 nitrogen and oxygen atoms in total. The molecule has 1 heterocycles. The van der Waals surface area contributed by atoms with E-state index < -0.39 is 5.41 Å². The van der Waals surface area contributed by atoms with Crippen molar-refractivity contribution in [1.29, 1.82) is 5.26 Å². The smallest absolute Gasteiger partial charge is 0.240 e. The molecule has 5 heteroatoms. The highest BCUT2D eigenvalue weighted by atomic mass is 16.3. The predicted molar refractivity (Wildman–Crippen MR) is 94.5 cm³/mol. The molecule has 25 heavy (non-hydrogen) atoms. The van der Waals surface area contributed by atoms with Gasteiger partial charge in [-0.3, -0.25) is 4.79 Å². The lowest BCUT2D eigenvalue weighted by atomic mass is 9.74. The summed E-state index contributed by atoms with van der Waals surface area (Å²) in [6.07, 6.45) is 6.55. The molecular formula is C20H23N3O2. The van der Waals surface area contributed by atoms with Gasteiger partial charge in [-0.1, -0.05) is 37.0 Å². The van der Waals surface area contributed by atoms with Gasteiger partial charge in [0.25, 0.3) is 0 Å². The molecule has 0 radical (unpaired) electrons. The van der Waals surface area contributed by atoms with E-state index in [-0.39, 0.29) is 5.91 Å². The van der Waals surface area contributed by atoms with Crippen molar-refractivity contribution in [3.63, 3.8) is 0 Å². The maximum Gasteiger partial charge on any atom is 0.240 e. The number of amides is 1. The third-order valence-corrected chi connectivity index (χ3v) is 4.87. The molecule has 2 aromatic rings. The van der Waals surface area contributed by atoms with Crippen LogP contribution in [-0.2, 0) is 11.2 Å². The van der Waals surface area contributed by atoms with Crippen molar-refractivity contribution < 1.29 is 9.21 Å². The number of aryl methyl sites for hydroxylation is 1. The van der Waals surface area contributed by atoms with Crippen molar-refractivity contribution in [3.8, 4) is 17.5 Å². The molecular weight excluding hydrogens is 314 g/mol. The van der Waals surface area contributed by atoms with Gasteiger partial charge in [-0.15, -0.1) is 0 Å². The number of hydrogen-bond donors (Lipinski definition) is 1. The van der Waals surface area contributed by atoms with Crippen molar-refractivity contribution in [2.75, 3.05) is 6.54 Å². The summed E-state index contributed by atoms with van der Waals surface area (Å²) >= 11 is 0. The molecule has 1 aromatic carbocycles. The number of rotatable bonds is 5. The zero-order valence-electron chi connectivity index (χ0n) is 14.5. The molecule has 0 atom stereocenters. The predicted octanol–water partition coefficient (Wildman–Crippen LogP) is 3.78. The Kier molecular flexibility index (Phi) is 5.18. The van der Waals surface area contributed by atoms with Crippen LogP contribution in [0.5, 0.6) is 0 Å². The summed E-state index contributed by atoms with van der Waals surface area (Å²) in [5.41, 5.74) is 2.08. The van der Waals surface area contributed by atoms with Crippen LogP contribution in [0.2, 0.25) is 0 Å². The number of nitrogens with zero attached hydrogens (tertiary/aromatic N) is 2. The summed E-state index contributed by atoms with van der Waals surface area (Å²) in [6.45, 7) is 2.50. The number of carbonyl (C=O) groups is 1. The van der Waals surface area contributed by atoms with E-state index in [1.54, 1.807) is 6.26 Å². The normalized spacial score (nSPS) is 16.2. The van der Waals surface area contributed by atoms with Crippen LogP contribution < -0.4 is 5.32 Å². The van der Waals surface area contributed by atoms with Gasteiger partial charge in [-0.25, -0.2) is 4.98 Å². The van der Waals surface area contributed by atoms with E-state index in [4.69, 9.17) is 4.42 Å². The average molecular weight is 337 g/mol. The van der Waals surface area contributed by atoms with Crippen LogP contribution in [0, 0.1) is 23.7 Å². The molecule has 3 rings (SSSR count). The minimum Gasteiger partial charge on any atom is -0.444 e. The highest BCUT2D eigenvalue weighted by Gasteiger charge is 2.39. The SMILES string of the molecule is Cc1ccc(-c2nc(CCNC(=O)C3(C#N)CCCCC3)co2)cc1. The van der Waals surface area contributed by atoms with E-state index in [9.17, 15) is 10.1 Å². The molecule has 1 saturated carbocycles. The van der Waals surface area contributed by atoms with E-state index in [0.29, 0.717) is 31.7 Å². The maximum atomic E-state index is 12.4. The zero-order valence-corrected chi connectivity index (χ0v) is 14.5. The average Bonchev–Trinajstić information content (AvgIpc) is 3.11. The highest BCUT2D eigenvalue weighted by molar-refractivity contribution is 5.85. The third-order valence-electron chi connectivity index (χ3n) is 4.87. The second-order valence-electron chi connectivity index (χ2n) is 6.77. The molecule has 1 aromatic heterocycles. The fourth-order valence-corrected chi connectivity index (χ4v) is 3.27. The molecule has 1 amide bonds. The molecule has 1 aliphatic carbocycles. The van der Waals surface area contributed by atoms with Crippen LogP contribution in [0.25, 0.3) is 11.5 Å². The van der Waals surface area contributed by atoms with Crippen LogP contribution in [-0.4, -0.2) is 17.4 Å². The van der Waals surface area contributed by atoms with Crippen molar-refractivity contribution in [3.05, 3.63) is 41.8 Å². The molecule has 0 spiro atoms. The Hall–Kier alpha value is -2.61. The lowest BCUT2D eigenvalue weighted by Crippen LogP contribution is -2.42. The summed E-state index contributed by atoms with van der Waals surface area (Å²) in [5.74, 6) is 0.444. The topological polar surface area (TPSA) is 78.9 Å². The van der Waals surface area contributed by atoms with Gasteiger partial charge < -0.3 is 9.73 Å². The minimum atomic E-state index is -0.838. The molecule has 0 unspecified atom stereocenters. The zero-order chi connectivity index (χ0) is 17.7. The number of hydrogen-bond acceptors (Lipinski definition) is 4. The standard InChI is InChI=1S/C20H23N3O2/c1-15-5-7-16(8-6-15)18-23-17(13-25-18)9-12-22-19(24)20(14-21)10-3-2-4-11-20/h5-8,13H,2-4,9-12H2,1H3,(H,22,24). The summed E-state index contributed by atoms with van der Waals surface area (Å²) in [6, 6.07) is 10.2. The van der Waals surface area contributed by atoms with Gasteiger partial charge in [-0.05, 0) is 31.9 Å². The van der Waals surface area contributed by atoms with Crippen molar-refractivity contribution in [2.45, 2.75) is 45.4 Å². The first-order valence-electron chi connectivity index (χ1n) is 8.84. The van der Waals surface area contributed by atoms with Gasteiger partial charge in [0.1, 0.15) is 11.7 Å². The molecule has 1 N–H and O–H groups in total. The van der Waals surface area contributed by atoms with Crippen molar-refractivity contribution >= 4 is 5.91 Å². The lowest BCUT2D eigenvalue weighted by molar-refractivity contribution is -0.129. The summed E-state index contributed by atoms with van der Waals surface area (Å²) in [4.78, 5) is 16.9. The van der Waals surface area contributed by atoms with Crippen molar-refractivity contribution in [1.82, 2.24) is 10.3 Å². The van der Waals surface area contributed by atoms with Crippen molar-refractivity contribution in [2.24, 2.45) is 5.41 Å². The van der Waals surface area contributed by atoms with Gasteiger partial charge in [0, 0.05) is 18.5 Å². The van der Waals surface area contributed by atoms with E-state index in [0.717, 1.165) is 30.5 Å². The van der Waals surface area contributed by atoms with Gasteiger partial charge in [0.05, 0.1) is 11.8 Å². The number of oxazole rings is 1. The number of benzene rings is 1. The molecule has 0 bridgehead atoms. The van der Waals surface area contributed by atoms with Gasteiger partial charge >= 0.3 is 0 Å². The number of nitriles is 1. The Bertz CT molecular complexity index is 765. The van der Waals surface area contributed by atoms with Gasteiger partial charge in [-0.2, -0.15) is 5.26 Å². The minimum absolute atomic E-state index is 0.142. The van der Waals surface area contributed by atoms with Crippen LogP contribution in [0.4, 0.5) is 0 Å². The highest BCUT2D eigenvalue weighted by Crippen LogP contribution is 2.35. The summed E-state index contributed by atoms with van der Waals surface area (Å²) in [7, 11) is 0. The molecule has 0 saturated heterocycles. The quantitative estimate of drug-likeness (QED) is 0.900. The van der Waals surface area contributed by atoms with Gasteiger partial charge in [0.15, 0.2) is 0 Å². The molecule has 1 fully saturated rings. The maximum absolute atomic E-state index is 12.4. The van der Waals surface area contributed by atoms with E-state index in [2.05, 4.69) is 16.4 Å². The Morgan fingerprint density at radius 2 is 2.00 bits per heavy atom. The Balaban J connectivity index is 1.55.